The minimum Gasteiger partial charge on any atom is -0.280 e. The van der Waals surface area contributed by atoms with E-state index >= 15 is 0 Å². The molecule has 1 aliphatic heterocycles. The van der Waals surface area contributed by atoms with E-state index in [1.807, 2.05) is 71.6 Å². The van der Waals surface area contributed by atoms with Crippen LogP contribution in [-0.4, -0.2) is 10.9 Å². The van der Waals surface area contributed by atoms with Gasteiger partial charge in [0.25, 0.3) is 0 Å². The number of rotatable bonds is 5. The van der Waals surface area contributed by atoms with E-state index in [0.29, 0.717) is 12.8 Å². The predicted molar refractivity (Wildman–Crippen MR) is 135 cm³/mol. The maximum Gasteiger partial charge on any atom is 0.242 e. The first kappa shape index (κ1) is 22.3. The van der Waals surface area contributed by atoms with Crippen LogP contribution in [0.5, 0.6) is 0 Å². The summed E-state index contributed by atoms with van der Waals surface area (Å²) in [6.07, 6.45) is 4.82. The van der Waals surface area contributed by atoms with Crippen molar-refractivity contribution in [2.75, 3.05) is 4.90 Å². The van der Waals surface area contributed by atoms with Crippen molar-refractivity contribution in [3.63, 3.8) is 0 Å². The van der Waals surface area contributed by atoms with Gasteiger partial charge < -0.3 is 0 Å². The van der Waals surface area contributed by atoms with Crippen molar-refractivity contribution in [3.8, 4) is 0 Å². The molecule has 2 heterocycles. The van der Waals surface area contributed by atoms with Crippen molar-refractivity contribution in [2.24, 2.45) is 0 Å². The van der Waals surface area contributed by atoms with Gasteiger partial charge in [0.2, 0.25) is 5.91 Å². The van der Waals surface area contributed by atoms with E-state index in [4.69, 9.17) is 0 Å². The van der Waals surface area contributed by atoms with Crippen LogP contribution in [0.2, 0.25) is 0 Å². The second kappa shape index (κ2) is 9.27. The lowest BCUT2D eigenvalue weighted by molar-refractivity contribution is -0.122. The number of benzene rings is 3. The van der Waals surface area contributed by atoms with Crippen LogP contribution in [0.4, 0.5) is 11.4 Å². The van der Waals surface area contributed by atoms with Gasteiger partial charge in [-0.15, -0.1) is 12.4 Å². The molecule has 0 saturated carbocycles. The van der Waals surface area contributed by atoms with Gasteiger partial charge in [-0.2, -0.15) is 0 Å². The number of nitrogens with zero attached hydrogens (tertiary/aromatic N) is 2. The fourth-order valence-electron chi connectivity index (χ4n) is 4.59. The first-order chi connectivity index (χ1) is 15.2. The molecule has 3 aromatic carbocycles. The molecule has 0 fully saturated rings. The number of aromatic nitrogens is 1. The second-order valence-corrected chi connectivity index (χ2v) is 8.83. The number of para-hydroxylation sites is 2. The zero-order valence-corrected chi connectivity index (χ0v) is 19.7. The number of pyridine rings is 1. The summed E-state index contributed by atoms with van der Waals surface area (Å²) in [6, 6.07) is 30.4. The first-order valence-corrected chi connectivity index (χ1v) is 11.1. The summed E-state index contributed by atoms with van der Waals surface area (Å²) in [5.74, 6) is 0.108. The van der Waals surface area contributed by atoms with Crippen molar-refractivity contribution in [1.82, 2.24) is 4.98 Å². The Kier molecular flexibility index (Phi) is 6.45. The van der Waals surface area contributed by atoms with Crippen LogP contribution >= 0.6 is 28.3 Å². The Balaban J connectivity index is 0.00000245. The second-order valence-electron chi connectivity index (χ2n) is 7.91. The third-order valence-electron chi connectivity index (χ3n) is 5.94. The molecule has 0 N–H and O–H groups in total. The predicted octanol–water partition coefficient (Wildman–Crippen LogP) is 6.67. The molecule has 5 rings (SSSR count). The molecular formula is C27H22BrClN2O. The molecule has 1 aliphatic rings. The third kappa shape index (κ3) is 3.96. The minimum atomic E-state index is -0.700. The number of carbonyl (C=O) groups excluding carboxylic acids is 1. The Labute approximate surface area is 202 Å². The number of hydrogen-bond donors (Lipinski definition) is 0. The van der Waals surface area contributed by atoms with Crippen LogP contribution in [0.1, 0.15) is 16.7 Å². The largest absolute Gasteiger partial charge is 0.280 e. The average Bonchev–Trinajstić information content (AvgIpc) is 3.03. The fourth-order valence-corrected chi connectivity index (χ4v) is 5.04. The van der Waals surface area contributed by atoms with Crippen molar-refractivity contribution in [1.29, 1.82) is 0 Å². The maximum atomic E-state index is 14.3. The van der Waals surface area contributed by atoms with E-state index in [9.17, 15) is 4.79 Å². The normalized spacial score (nSPS) is 17.0. The molecule has 0 radical (unpaired) electrons. The number of anilines is 2. The van der Waals surface area contributed by atoms with Gasteiger partial charge in [0.15, 0.2) is 0 Å². The van der Waals surface area contributed by atoms with Crippen molar-refractivity contribution < 1.29 is 4.79 Å². The Morgan fingerprint density at radius 2 is 1.47 bits per heavy atom. The number of halogens is 2. The molecular weight excluding hydrogens is 484 g/mol. The number of fused-ring (bicyclic) bond motifs is 1. The Hall–Kier alpha value is -2.95. The SMILES string of the molecule is Cl.O=C1N(c2ccccc2)c2ccccc2C1(Cc1ccncc1)Cc1cccc(Br)c1. The Bertz CT molecular complexity index is 1230. The van der Waals surface area contributed by atoms with E-state index in [1.165, 1.54) is 0 Å². The van der Waals surface area contributed by atoms with Crippen molar-refractivity contribution in [3.05, 3.63) is 125 Å². The van der Waals surface area contributed by atoms with Crippen LogP contribution in [0.3, 0.4) is 0 Å². The van der Waals surface area contributed by atoms with Crippen LogP contribution in [0, 0.1) is 0 Å². The lowest BCUT2D eigenvalue weighted by Crippen LogP contribution is -2.42. The molecule has 0 bridgehead atoms. The smallest absolute Gasteiger partial charge is 0.242 e. The number of hydrogen-bond acceptors (Lipinski definition) is 2. The van der Waals surface area contributed by atoms with Crippen LogP contribution < -0.4 is 4.90 Å². The molecule has 0 spiro atoms. The highest BCUT2D eigenvalue weighted by Crippen LogP contribution is 2.49. The molecule has 0 aliphatic carbocycles. The van der Waals surface area contributed by atoms with Gasteiger partial charge in [0.1, 0.15) is 0 Å². The summed E-state index contributed by atoms with van der Waals surface area (Å²) in [5.41, 5.74) is 4.45. The fraction of sp³-hybridized carbons (Fsp3) is 0.111. The highest BCUT2D eigenvalue weighted by atomic mass is 79.9. The zero-order chi connectivity index (χ0) is 21.3. The number of carbonyl (C=O) groups is 1. The quantitative estimate of drug-likeness (QED) is 0.303. The van der Waals surface area contributed by atoms with E-state index in [0.717, 1.165) is 32.5 Å². The molecule has 1 unspecified atom stereocenters. The summed E-state index contributed by atoms with van der Waals surface area (Å²) in [4.78, 5) is 20.3. The van der Waals surface area contributed by atoms with Gasteiger partial charge in [-0.25, -0.2) is 0 Å². The molecule has 4 aromatic rings. The number of amides is 1. The molecule has 160 valence electrons. The Morgan fingerprint density at radius 1 is 0.781 bits per heavy atom. The third-order valence-corrected chi connectivity index (χ3v) is 6.43. The molecule has 0 saturated heterocycles. The van der Waals surface area contributed by atoms with Gasteiger partial charge in [0.05, 0.1) is 11.1 Å². The summed E-state index contributed by atoms with van der Waals surface area (Å²) in [5, 5.41) is 0. The molecule has 1 amide bonds. The van der Waals surface area contributed by atoms with Gasteiger partial charge in [-0.1, -0.05) is 64.5 Å². The van der Waals surface area contributed by atoms with E-state index in [1.54, 1.807) is 12.4 Å². The van der Waals surface area contributed by atoms with Gasteiger partial charge >= 0.3 is 0 Å². The molecule has 1 aromatic heterocycles. The lowest BCUT2D eigenvalue weighted by atomic mass is 9.72. The monoisotopic (exact) mass is 504 g/mol. The first-order valence-electron chi connectivity index (χ1n) is 10.3. The average molecular weight is 506 g/mol. The summed E-state index contributed by atoms with van der Waals surface area (Å²) < 4.78 is 1.02. The van der Waals surface area contributed by atoms with Gasteiger partial charge in [-0.05, 0) is 72.0 Å². The van der Waals surface area contributed by atoms with Crippen LogP contribution in [0.15, 0.2) is 108 Å². The zero-order valence-electron chi connectivity index (χ0n) is 17.3. The van der Waals surface area contributed by atoms with Crippen molar-refractivity contribution >= 4 is 45.6 Å². The Morgan fingerprint density at radius 3 is 2.22 bits per heavy atom. The molecule has 3 nitrogen and oxygen atoms in total. The topological polar surface area (TPSA) is 33.2 Å². The summed E-state index contributed by atoms with van der Waals surface area (Å²) in [7, 11) is 0. The van der Waals surface area contributed by atoms with E-state index < -0.39 is 5.41 Å². The van der Waals surface area contributed by atoms with Gasteiger partial charge in [0, 0.05) is 22.6 Å². The highest BCUT2D eigenvalue weighted by molar-refractivity contribution is 9.10. The minimum absolute atomic E-state index is 0. The molecule has 5 heteroatoms. The standard InChI is InChI=1S/C27H21BrN2O.ClH/c28-22-8-6-7-21(17-22)19-27(18-20-13-15-29-16-14-20)24-11-4-5-12-25(24)30(26(27)31)23-9-2-1-3-10-23;/h1-17H,18-19H2;1H. The molecule has 1 atom stereocenters. The lowest BCUT2D eigenvalue weighted by Gasteiger charge is -2.29. The molecule has 32 heavy (non-hydrogen) atoms. The van der Waals surface area contributed by atoms with E-state index in [-0.39, 0.29) is 18.3 Å². The van der Waals surface area contributed by atoms with Gasteiger partial charge in [-0.3, -0.25) is 14.7 Å². The maximum absolute atomic E-state index is 14.3. The van der Waals surface area contributed by atoms with Crippen LogP contribution in [0.25, 0.3) is 0 Å². The van der Waals surface area contributed by atoms with Crippen molar-refractivity contribution in [2.45, 2.75) is 18.3 Å². The van der Waals surface area contributed by atoms with Crippen LogP contribution in [-0.2, 0) is 23.1 Å². The summed E-state index contributed by atoms with van der Waals surface area (Å²) in [6.45, 7) is 0. The highest BCUT2D eigenvalue weighted by Gasteiger charge is 2.51. The van der Waals surface area contributed by atoms with E-state index in [2.05, 4.69) is 45.2 Å². The summed E-state index contributed by atoms with van der Waals surface area (Å²) >= 11 is 3.59.